The van der Waals surface area contributed by atoms with Crippen LogP contribution < -0.4 is 4.74 Å². The summed E-state index contributed by atoms with van der Waals surface area (Å²) >= 11 is 0. The van der Waals surface area contributed by atoms with Crippen molar-refractivity contribution in [3.63, 3.8) is 0 Å². The fraction of sp³-hybridized carbons (Fsp3) is 0.391. The van der Waals surface area contributed by atoms with E-state index in [9.17, 15) is 4.79 Å². The zero-order valence-corrected chi connectivity index (χ0v) is 17.6. The molecule has 0 bridgehead atoms. The molecule has 156 valence electrons. The maximum atomic E-state index is 13.2. The number of carbonyl (C=O) groups is 1. The molecule has 1 aliphatic heterocycles. The van der Waals surface area contributed by atoms with Crippen LogP contribution in [-0.2, 0) is 11.2 Å². The highest BCUT2D eigenvalue weighted by Gasteiger charge is 2.33. The molecule has 1 saturated heterocycles. The monoisotopic (exact) mass is 406 g/mol. The predicted molar refractivity (Wildman–Crippen MR) is 112 cm³/mol. The van der Waals surface area contributed by atoms with Crippen LogP contribution in [0.25, 0.3) is 11.3 Å². The van der Waals surface area contributed by atoms with E-state index in [2.05, 4.69) is 10.1 Å². The molecule has 30 heavy (non-hydrogen) atoms. The number of carbonyl (C=O) groups excluding carboxylic acids is 1. The Morgan fingerprint density at radius 1 is 1.27 bits per heavy atom. The quantitative estimate of drug-likeness (QED) is 0.614. The highest BCUT2D eigenvalue weighted by atomic mass is 16.5. The van der Waals surface area contributed by atoms with Crippen LogP contribution in [0.3, 0.4) is 0 Å². The minimum Gasteiger partial charge on any atom is -0.494 e. The molecule has 0 spiro atoms. The highest BCUT2D eigenvalue weighted by molar-refractivity contribution is 5.80. The lowest BCUT2D eigenvalue weighted by molar-refractivity contribution is -0.131. The number of hydrogen-bond acceptors (Lipinski definition) is 6. The lowest BCUT2D eigenvalue weighted by atomic mass is 10.0. The first-order valence-electron chi connectivity index (χ1n) is 10.3. The van der Waals surface area contributed by atoms with Crippen molar-refractivity contribution in [1.29, 1.82) is 0 Å². The van der Waals surface area contributed by atoms with E-state index in [1.165, 1.54) is 0 Å². The van der Waals surface area contributed by atoms with E-state index < -0.39 is 0 Å². The van der Waals surface area contributed by atoms with Crippen LogP contribution in [0.5, 0.6) is 5.75 Å². The van der Waals surface area contributed by atoms with Gasteiger partial charge in [-0.2, -0.15) is 0 Å². The maximum absolute atomic E-state index is 13.2. The first kappa shape index (κ1) is 20.1. The molecular formula is C23H26N4O3. The average molecular weight is 406 g/mol. The minimum absolute atomic E-state index is 0.0950. The molecule has 3 aromatic rings. The van der Waals surface area contributed by atoms with Gasteiger partial charge < -0.3 is 14.2 Å². The van der Waals surface area contributed by atoms with Gasteiger partial charge in [-0.05, 0) is 51.3 Å². The van der Waals surface area contributed by atoms with Crippen molar-refractivity contribution in [2.24, 2.45) is 0 Å². The molecular weight excluding hydrogens is 380 g/mol. The summed E-state index contributed by atoms with van der Waals surface area (Å²) < 4.78 is 11.0. The Hall–Kier alpha value is -3.22. The molecule has 1 fully saturated rings. The smallest absolute Gasteiger partial charge is 0.227 e. The molecule has 4 rings (SSSR count). The van der Waals surface area contributed by atoms with Crippen LogP contribution in [-0.4, -0.2) is 39.1 Å². The summed E-state index contributed by atoms with van der Waals surface area (Å²) in [5, 5.41) is 3.99. The molecule has 0 radical (unpaired) electrons. The molecule has 1 amide bonds. The van der Waals surface area contributed by atoms with E-state index in [0.29, 0.717) is 24.6 Å². The van der Waals surface area contributed by atoms with Crippen molar-refractivity contribution in [2.75, 3.05) is 13.2 Å². The van der Waals surface area contributed by atoms with Gasteiger partial charge in [-0.3, -0.25) is 4.79 Å². The summed E-state index contributed by atoms with van der Waals surface area (Å²) in [5.74, 6) is 2.22. The molecule has 2 aromatic heterocycles. The maximum Gasteiger partial charge on any atom is 0.227 e. The van der Waals surface area contributed by atoms with E-state index >= 15 is 0 Å². The Morgan fingerprint density at radius 3 is 2.77 bits per heavy atom. The van der Waals surface area contributed by atoms with Gasteiger partial charge in [0.2, 0.25) is 5.91 Å². The van der Waals surface area contributed by atoms with E-state index in [0.717, 1.165) is 47.7 Å². The first-order chi connectivity index (χ1) is 14.5. The number of likely N-dealkylation sites (tertiary alicyclic amines) is 1. The van der Waals surface area contributed by atoms with Crippen molar-refractivity contribution in [2.45, 2.75) is 46.1 Å². The molecule has 7 nitrogen and oxygen atoms in total. The minimum atomic E-state index is -0.0951. The van der Waals surface area contributed by atoms with E-state index in [4.69, 9.17) is 14.2 Å². The Balaban J connectivity index is 1.58. The van der Waals surface area contributed by atoms with Gasteiger partial charge in [-0.1, -0.05) is 17.3 Å². The third-order valence-corrected chi connectivity index (χ3v) is 5.31. The van der Waals surface area contributed by atoms with E-state index in [-0.39, 0.29) is 11.9 Å². The number of amides is 1. The SMILES string of the molecule is CCOc1ccc(CC(=O)N2CCC[C@@H]2c2nc(C)ncc2-c2cc(C)no2)cc1. The van der Waals surface area contributed by atoms with Crippen LogP contribution in [0, 0.1) is 13.8 Å². The van der Waals surface area contributed by atoms with Crippen molar-refractivity contribution in [3.8, 4) is 17.1 Å². The van der Waals surface area contributed by atoms with Crippen LogP contribution >= 0.6 is 0 Å². The van der Waals surface area contributed by atoms with Gasteiger partial charge in [-0.15, -0.1) is 0 Å². The average Bonchev–Trinajstić information content (AvgIpc) is 3.39. The number of ether oxygens (including phenoxy) is 1. The topological polar surface area (TPSA) is 81.4 Å². The molecule has 0 aliphatic carbocycles. The summed E-state index contributed by atoms with van der Waals surface area (Å²) in [6.07, 6.45) is 3.93. The van der Waals surface area contributed by atoms with Crippen molar-refractivity contribution in [1.82, 2.24) is 20.0 Å². The van der Waals surface area contributed by atoms with Gasteiger partial charge in [0.25, 0.3) is 0 Å². The van der Waals surface area contributed by atoms with Gasteiger partial charge in [0, 0.05) is 18.8 Å². The number of aromatic nitrogens is 3. The van der Waals surface area contributed by atoms with Gasteiger partial charge in [0.15, 0.2) is 5.76 Å². The lowest BCUT2D eigenvalue weighted by Gasteiger charge is -2.26. The fourth-order valence-electron chi connectivity index (χ4n) is 3.92. The summed E-state index contributed by atoms with van der Waals surface area (Å²) in [6, 6.07) is 9.50. The number of rotatable bonds is 6. The molecule has 0 saturated carbocycles. The molecule has 1 aliphatic rings. The van der Waals surface area contributed by atoms with Crippen LogP contribution in [0.2, 0.25) is 0 Å². The van der Waals surface area contributed by atoms with Crippen molar-refractivity contribution in [3.05, 3.63) is 59.3 Å². The van der Waals surface area contributed by atoms with Crippen LogP contribution in [0.4, 0.5) is 0 Å². The molecule has 1 atom stereocenters. The molecule has 1 aromatic carbocycles. The Bertz CT molecular complexity index is 1030. The van der Waals surface area contributed by atoms with E-state index in [1.54, 1.807) is 6.20 Å². The Morgan fingerprint density at radius 2 is 2.07 bits per heavy atom. The van der Waals surface area contributed by atoms with Gasteiger partial charge in [0.1, 0.15) is 11.6 Å². The van der Waals surface area contributed by atoms with Gasteiger partial charge >= 0.3 is 0 Å². The Labute approximate surface area is 176 Å². The van der Waals surface area contributed by atoms with Crippen LogP contribution in [0.1, 0.15) is 48.6 Å². The molecule has 3 heterocycles. The standard InChI is InChI=1S/C23H26N4O3/c1-4-29-18-9-7-17(8-10-18)13-22(28)27-11-5-6-20(27)23-19(14-24-16(3)25-23)21-12-15(2)26-30-21/h7-10,12,14,20H,4-6,11,13H2,1-3H3/t20-/m1/s1. The zero-order valence-electron chi connectivity index (χ0n) is 17.6. The molecule has 7 heteroatoms. The van der Waals surface area contributed by atoms with Crippen molar-refractivity contribution < 1.29 is 14.1 Å². The third kappa shape index (κ3) is 4.20. The molecule has 0 N–H and O–H groups in total. The second kappa shape index (κ2) is 8.65. The largest absolute Gasteiger partial charge is 0.494 e. The number of benzene rings is 1. The van der Waals surface area contributed by atoms with Gasteiger partial charge in [0.05, 0.1) is 36.0 Å². The Kier molecular flexibility index (Phi) is 5.79. The normalized spacial score (nSPS) is 16.1. The molecule has 0 unspecified atom stereocenters. The second-order valence-corrected chi connectivity index (χ2v) is 7.55. The lowest BCUT2D eigenvalue weighted by Crippen LogP contribution is -2.32. The fourth-order valence-corrected chi connectivity index (χ4v) is 3.92. The number of nitrogens with zero attached hydrogens (tertiary/aromatic N) is 4. The summed E-state index contributed by atoms with van der Waals surface area (Å²) in [7, 11) is 0. The highest BCUT2D eigenvalue weighted by Crippen LogP contribution is 2.37. The summed E-state index contributed by atoms with van der Waals surface area (Å²) in [6.45, 7) is 7.04. The van der Waals surface area contributed by atoms with Gasteiger partial charge in [-0.25, -0.2) is 9.97 Å². The number of aryl methyl sites for hydroxylation is 2. The second-order valence-electron chi connectivity index (χ2n) is 7.55. The third-order valence-electron chi connectivity index (χ3n) is 5.31. The van der Waals surface area contributed by atoms with Crippen LogP contribution in [0.15, 0.2) is 41.1 Å². The summed E-state index contributed by atoms with van der Waals surface area (Å²) in [5.41, 5.74) is 3.40. The van der Waals surface area contributed by atoms with Crippen molar-refractivity contribution >= 4 is 5.91 Å². The first-order valence-corrected chi connectivity index (χ1v) is 10.3. The zero-order chi connectivity index (χ0) is 21.1. The summed E-state index contributed by atoms with van der Waals surface area (Å²) in [4.78, 5) is 24.1. The van der Waals surface area contributed by atoms with E-state index in [1.807, 2.05) is 56.0 Å². The predicted octanol–water partition coefficient (Wildman–Crippen LogP) is 4.05. The number of hydrogen-bond donors (Lipinski definition) is 0.